The number of alkyl halides is 3. The molecule has 6 rings (SSSR count). The number of likely N-dealkylation sites (tertiary alicyclic amines) is 1. The number of hydrogen-bond donors (Lipinski definition) is 2. The second kappa shape index (κ2) is 11.6. The normalized spacial score (nSPS) is 18.7. The highest BCUT2D eigenvalue weighted by atomic mass is 19.4. The maximum atomic E-state index is 13.6. The number of benzene rings is 1. The first-order valence-electron chi connectivity index (χ1n) is 15.1. The molecule has 2 saturated heterocycles. The van der Waals surface area contributed by atoms with Crippen molar-refractivity contribution in [3.63, 3.8) is 0 Å². The van der Waals surface area contributed by atoms with Crippen LogP contribution in [0.1, 0.15) is 38.3 Å². The van der Waals surface area contributed by atoms with Gasteiger partial charge in [-0.15, -0.1) is 6.58 Å². The van der Waals surface area contributed by atoms with Gasteiger partial charge in [0.1, 0.15) is 5.39 Å². The fraction of sp³-hybridized carbons (Fsp3) is 0.438. The van der Waals surface area contributed by atoms with E-state index in [2.05, 4.69) is 55.8 Å². The number of aromatic nitrogens is 5. The molecule has 10 nitrogen and oxygen atoms in total. The first kappa shape index (κ1) is 30.8. The second-order valence-electron chi connectivity index (χ2n) is 12.3. The minimum Gasteiger partial charge on any atom is -0.375 e. The lowest BCUT2D eigenvalue weighted by atomic mass is 9.71. The van der Waals surface area contributed by atoms with Gasteiger partial charge in [0.15, 0.2) is 17.1 Å². The van der Waals surface area contributed by atoms with E-state index in [9.17, 15) is 23.1 Å². The van der Waals surface area contributed by atoms with Gasteiger partial charge in [0.25, 0.3) is 5.56 Å². The van der Waals surface area contributed by atoms with Crippen LogP contribution in [0.15, 0.2) is 66.1 Å². The van der Waals surface area contributed by atoms with E-state index < -0.39 is 23.0 Å². The second-order valence-corrected chi connectivity index (χ2v) is 12.3. The van der Waals surface area contributed by atoms with Crippen LogP contribution in [0.2, 0.25) is 0 Å². The Labute approximate surface area is 258 Å². The number of hydrogen-bond acceptors (Lipinski definition) is 8. The van der Waals surface area contributed by atoms with Crippen LogP contribution in [-0.2, 0) is 12.1 Å². The summed E-state index contributed by atoms with van der Waals surface area (Å²) in [6.07, 6.45) is 2.84. The number of rotatable bonds is 7. The third-order valence-electron chi connectivity index (χ3n) is 9.34. The number of piperidine rings is 2. The van der Waals surface area contributed by atoms with E-state index in [-0.39, 0.29) is 29.3 Å². The van der Waals surface area contributed by atoms with Crippen LogP contribution < -0.4 is 15.8 Å². The average molecular weight is 623 g/mol. The maximum absolute atomic E-state index is 13.6. The van der Waals surface area contributed by atoms with Gasteiger partial charge in [-0.1, -0.05) is 12.1 Å². The Balaban J connectivity index is 1.26. The van der Waals surface area contributed by atoms with Crippen LogP contribution in [0.25, 0.3) is 16.9 Å². The van der Waals surface area contributed by atoms with E-state index in [1.54, 1.807) is 0 Å². The highest BCUT2D eigenvalue weighted by Crippen LogP contribution is 2.42. The van der Waals surface area contributed by atoms with Crippen LogP contribution in [0.5, 0.6) is 0 Å². The minimum atomic E-state index is -4.96. The van der Waals surface area contributed by atoms with Crippen LogP contribution in [0.3, 0.4) is 0 Å². The molecule has 1 aromatic carbocycles. The number of anilines is 3. The number of pyridine rings is 1. The van der Waals surface area contributed by atoms with Gasteiger partial charge in [0.2, 0.25) is 5.95 Å². The number of allylic oxidation sites excluding steroid dienone is 1. The van der Waals surface area contributed by atoms with Crippen LogP contribution >= 0.6 is 0 Å². The quantitative estimate of drug-likeness (QED) is 0.278. The molecule has 13 heteroatoms. The van der Waals surface area contributed by atoms with Crippen molar-refractivity contribution in [1.82, 2.24) is 29.2 Å². The van der Waals surface area contributed by atoms with Crippen molar-refractivity contribution < 1.29 is 18.3 Å². The summed E-state index contributed by atoms with van der Waals surface area (Å²) in [6.45, 7) is 8.78. The predicted molar refractivity (Wildman–Crippen MR) is 167 cm³/mol. The van der Waals surface area contributed by atoms with Crippen molar-refractivity contribution in [2.24, 2.45) is 5.41 Å². The number of nitrogens with one attached hydrogen (secondary N) is 1. The molecular formula is C32H37F3N8O2. The first-order chi connectivity index (χ1) is 21.4. The minimum absolute atomic E-state index is 0.0245. The molecule has 2 aliphatic rings. The van der Waals surface area contributed by atoms with E-state index >= 15 is 0 Å². The average Bonchev–Trinajstić information content (AvgIpc) is 3.29. The first-order valence-corrected chi connectivity index (χ1v) is 15.1. The summed E-state index contributed by atoms with van der Waals surface area (Å²) in [5, 5.41) is 13.6. The van der Waals surface area contributed by atoms with Crippen molar-refractivity contribution in [2.45, 2.75) is 50.9 Å². The van der Waals surface area contributed by atoms with E-state index in [0.717, 1.165) is 30.5 Å². The molecule has 2 fully saturated rings. The Bertz CT molecular complexity index is 1750. The topological polar surface area (TPSA) is 104 Å². The molecule has 3 aromatic heterocycles. The number of nitrogens with zero attached hydrogens (tertiary/aromatic N) is 7. The van der Waals surface area contributed by atoms with Gasteiger partial charge in [-0.3, -0.25) is 4.79 Å². The molecule has 4 aromatic rings. The molecule has 238 valence electrons. The predicted octanol–water partition coefficient (Wildman–Crippen LogP) is 4.99. The summed E-state index contributed by atoms with van der Waals surface area (Å²) in [4.78, 5) is 31.1. The summed E-state index contributed by atoms with van der Waals surface area (Å²) in [5.74, 6) is 0.170. The zero-order valence-corrected chi connectivity index (χ0v) is 25.4. The lowest BCUT2D eigenvalue weighted by Crippen LogP contribution is -2.46. The molecular weight excluding hydrogens is 585 g/mol. The summed E-state index contributed by atoms with van der Waals surface area (Å²) in [7, 11) is 2.20. The SMILES string of the molecule is C=CCn1c(=O)c2cnc(Nc3ccc(N4CCC5(CCN(C)CC5)CC4)cc3)nc2n1-c1cccc([C@@](C)(O)C(F)(F)F)n1. The zero-order chi connectivity index (χ0) is 32.0. The fourth-order valence-electron chi connectivity index (χ4n) is 6.28. The molecule has 0 bridgehead atoms. The molecule has 1 spiro atoms. The van der Waals surface area contributed by atoms with E-state index in [4.69, 9.17) is 0 Å². The third-order valence-corrected chi connectivity index (χ3v) is 9.34. The number of aliphatic hydroxyl groups is 1. The highest BCUT2D eigenvalue weighted by molar-refractivity contribution is 5.77. The standard InChI is InChI=1S/C32H37F3N8O2/c1-4-16-42-28(44)24-21-36-29(39-27(24)43(42)26-7-5-6-25(38-26)30(2,45)32(33,34)35)37-22-8-10-23(11-9-22)41-19-14-31(15-20-41)12-17-40(3)18-13-31/h4-11,21,45H,1,12-20H2,2-3H3,(H,36,37,39)/t30-/m1/s1. The number of fused-ring (bicyclic) bond motifs is 1. The Hall–Kier alpha value is -4.23. The summed E-state index contributed by atoms with van der Waals surface area (Å²) < 4.78 is 43.3. The maximum Gasteiger partial charge on any atom is 0.422 e. The summed E-state index contributed by atoms with van der Waals surface area (Å²) in [6, 6.07) is 11.9. The Kier molecular flexibility index (Phi) is 7.94. The lowest BCUT2D eigenvalue weighted by Gasteiger charge is -2.46. The van der Waals surface area contributed by atoms with Crippen molar-refractivity contribution in [1.29, 1.82) is 0 Å². The molecule has 0 aliphatic carbocycles. The molecule has 2 aliphatic heterocycles. The molecule has 5 heterocycles. The van der Waals surface area contributed by atoms with E-state index in [1.165, 1.54) is 72.5 Å². The van der Waals surface area contributed by atoms with E-state index in [1.807, 2.05) is 12.1 Å². The Morgan fingerprint density at radius 1 is 1.02 bits per heavy atom. The molecule has 2 N–H and O–H groups in total. The van der Waals surface area contributed by atoms with Crippen LogP contribution in [0, 0.1) is 5.41 Å². The molecule has 0 unspecified atom stereocenters. The highest BCUT2D eigenvalue weighted by Gasteiger charge is 2.52. The molecule has 1 atom stereocenters. The molecule has 0 amide bonds. The lowest BCUT2D eigenvalue weighted by molar-refractivity contribution is -0.260. The van der Waals surface area contributed by atoms with Gasteiger partial charge in [0.05, 0.1) is 12.2 Å². The van der Waals surface area contributed by atoms with Gasteiger partial charge in [-0.25, -0.2) is 19.3 Å². The van der Waals surface area contributed by atoms with Gasteiger partial charge in [-0.05, 0) is 94.6 Å². The zero-order valence-electron chi connectivity index (χ0n) is 25.4. The van der Waals surface area contributed by atoms with Crippen molar-refractivity contribution in [2.75, 3.05) is 43.4 Å². The van der Waals surface area contributed by atoms with E-state index in [0.29, 0.717) is 12.3 Å². The summed E-state index contributed by atoms with van der Waals surface area (Å²) >= 11 is 0. The third kappa shape index (κ3) is 5.82. The molecule has 0 radical (unpaired) electrons. The number of halogens is 3. The van der Waals surface area contributed by atoms with Gasteiger partial charge < -0.3 is 20.2 Å². The van der Waals surface area contributed by atoms with Crippen molar-refractivity contribution in [3.8, 4) is 5.82 Å². The largest absolute Gasteiger partial charge is 0.422 e. The fourth-order valence-corrected chi connectivity index (χ4v) is 6.28. The smallest absolute Gasteiger partial charge is 0.375 e. The van der Waals surface area contributed by atoms with Gasteiger partial charge in [-0.2, -0.15) is 18.2 Å². The van der Waals surface area contributed by atoms with Crippen LogP contribution in [0.4, 0.5) is 30.5 Å². The molecule has 45 heavy (non-hydrogen) atoms. The monoisotopic (exact) mass is 622 g/mol. The Morgan fingerprint density at radius 2 is 1.69 bits per heavy atom. The van der Waals surface area contributed by atoms with Gasteiger partial charge in [0, 0.05) is 30.7 Å². The Morgan fingerprint density at radius 3 is 2.33 bits per heavy atom. The molecule has 0 saturated carbocycles. The summed E-state index contributed by atoms with van der Waals surface area (Å²) in [5.41, 5.74) is -1.78. The van der Waals surface area contributed by atoms with Crippen LogP contribution in [-0.4, -0.2) is 73.7 Å². The van der Waals surface area contributed by atoms with Crippen molar-refractivity contribution >= 4 is 28.4 Å². The van der Waals surface area contributed by atoms with Gasteiger partial charge >= 0.3 is 6.18 Å². The van der Waals surface area contributed by atoms with Crippen molar-refractivity contribution in [3.05, 3.63) is 77.4 Å².